The first-order chi connectivity index (χ1) is 12.9. The van der Waals surface area contributed by atoms with Gasteiger partial charge < -0.3 is 4.90 Å². The van der Waals surface area contributed by atoms with Gasteiger partial charge in [0.2, 0.25) is 5.91 Å². The van der Waals surface area contributed by atoms with E-state index in [0.29, 0.717) is 28.4 Å². The molecule has 0 bridgehead atoms. The lowest BCUT2D eigenvalue weighted by Crippen LogP contribution is -2.48. The molecule has 2 heterocycles. The van der Waals surface area contributed by atoms with Crippen molar-refractivity contribution in [2.45, 2.75) is 24.2 Å². The Kier molecular flexibility index (Phi) is 3.47. The van der Waals surface area contributed by atoms with Crippen molar-refractivity contribution >= 4 is 38.4 Å². The molecule has 136 valence electrons. The fourth-order valence-electron chi connectivity index (χ4n) is 4.66. The van der Waals surface area contributed by atoms with Crippen LogP contribution in [0.15, 0.2) is 47.1 Å². The summed E-state index contributed by atoms with van der Waals surface area (Å²) in [6, 6.07) is 9.80. The number of aromatic nitrogens is 1. The van der Waals surface area contributed by atoms with Gasteiger partial charge in [0.25, 0.3) is 0 Å². The van der Waals surface area contributed by atoms with Gasteiger partial charge in [0, 0.05) is 24.1 Å². The highest BCUT2D eigenvalue weighted by molar-refractivity contribution is 9.10. The number of rotatable bonds is 1. The molecule has 3 nitrogen and oxygen atoms in total. The Morgan fingerprint density at radius 3 is 2.67 bits per heavy atom. The van der Waals surface area contributed by atoms with E-state index in [0.717, 1.165) is 16.6 Å². The van der Waals surface area contributed by atoms with Gasteiger partial charge in [0.15, 0.2) is 0 Å². The van der Waals surface area contributed by atoms with Gasteiger partial charge in [-0.05, 0) is 52.4 Å². The van der Waals surface area contributed by atoms with Crippen molar-refractivity contribution in [3.05, 3.63) is 69.8 Å². The predicted octanol–water partition coefficient (Wildman–Crippen LogP) is 5.07. The molecule has 6 heteroatoms. The van der Waals surface area contributed by atoms with Crippen molar-refractivity contribution in [2.24, 2.45) is 0 Å². The topological polar surface area (TPSA) is 33.2 Å². The minimum atomic E-state index is -0.699. The number of carbonyl (C=O) groups excluding carboxylic acids is 1. The highest BCUT2D eigenvalue weighted by atomic mass is 79.9. The molecule has 0 radical (unpaired) electrons. The molecule has 0 atom stereocenters. The molecule has 1 aliphatic heterocycles. The summed E-state index contributed by atoms with van der Waals surface area (Å²) in [6.45, 7) is 0. The van der Waals surface area contributed by atoms with E-state index in [9.17, 15) is 13.6 Å². The number of amides is 1. The summed E-state index contributed by atoms with van der Waals surface area (Å²) >= 11 is 3.24. The van der Waals surface area contributed by atoms with E-state index >= 15 is 0 Å². The van der Waals surface area contributed by atoms with Gasteiger partial charge in [-0.25, -0.2) is 8.78 Å². The Hall–Kier alpha value is -2.34. The van der Waals surface area contributed by atoms with Crippen LogP contribution in [0.25, 0.3) is 10.9 Å². The van der Waals surface area contributed by atoms with Crippen LogP contribution in [0, 0.1) is 11.6 Å². The molecule has 27 heavy (non-hydrogen) atoms. The number of benzene rings is 2. The van der Waals surface area contributed by atoms with Crippen molar-refractivity contribution in [3.8, 4) is 0 Å². The van der Waals surface area contributed by atoms with Gasteiger partial charge in [-0.2, -0.15) is 0 Å². The van der Waals surface area contributed by atoms with Crippen LogP contribution in [-0.2, 0) is 10.2 Å². The minimum Gasteiger partial charge on any atom is -0.313 e. The number of hydrogen-bond donors (Lipinski definition) is 0. The summed E-state index contributed by atoms with van der Waals surface area (Å²) in [5.74, 6) is -0.637. The quantitative estimate of drug-likeness (QED) is 0.542. The molecule has 5 rings (SSSR count). The summed E-state index contributed by atoms with van der Waals surface area (Å²) in [5, 5.41) is 0.769. The molecule has 0 unspecified atom stereocenters. The van der Waals surface area contributed by atoms with Gasteiger partial charge in [-0.15, -0.1) is 0 Å². The average molecular weight is 429 g/mol. The van der Waals surface area contributed by atoms with E-state index in [-0.39, 0.29) is 23.5 Å². The van der Waals surface area contributed by atoms with Crippen LogP contribution in [-0.4, -0.2) is 17.9 Å². The average Bonchev–Trinajstić information content (AvgIpc) is 2.84. The van der Waals surface area contributed by atoms with E-state index < -0.39 is 5.41 Å². The highest BCUT2D eigenvalue weighted by Gasteiger charge is 2.59. The van der Waals surface area contributed by atoms with Gasteiger partial charge in [-0.1, -0.05) is 18.2 Å². The minimum absolute atomic E-state index is 0.000151. The van der Waals surface area contributed by atoms with Crippen LogP contribution in [0.5, 0.6) is 0 Å². The molecule has 1 spiro atoms. The second-order valence-electron chi connectivity index (χ2n) is 7.37. The molecule has 0 saturated heterocycles. The number of carbonyl (C=O) groups is 1. The summed E-state index contributed by atoms with van der Waals surface area (Å²) in [7, 11) is 1.73. The van der Waals surface area contributed by atoms with E-state index in [1.165, 1.54) is 12.1 Å². The first-order valence-corrected chi connectivity index (χ1v) is 9.52. The predicted molar refractivity (Wildman–Crippen MR) is 103 cm³/mol. The second kappa shape index (κ2) is 5.58. The SMILES string of the molecule is CN1C(=O)C2(CC(c3ccccc3F)C2)c2c1cnc1cc(F)c(Br)cc21. The third-order valence-corrected chi connectivity index (χ3v) is 6.59. The third kappa shape index (κ3) is 2.16. The number of anilines is 1. The fourth-order valence-corrected chi connectivity index (χ4v) is 5.00. The van der Waals surface area contributed by atoms with Crippen molar-refractivity contribution in [1.82, 2.24) is 4.98 Å². The molecule has 0 N–H and O–H groups in total. The number of pyridine rings is 1. The Morgan fingerprint density at radius 1 is 1.19 bits per heavy atom. The molecular weight excluding hydrogens is 414 g/mol. The lowest BCUT2D eigenvalue weighted by atomic mass is 9.57. The number of halogens is 3. The number of likely N-dealkylation sites (N-methyl/N-ethyl adjacent to an activating group) is 1. The van der Waals surface area contributed by atoms with Crippen LogP contribution in [0.4, 0.5) is 14.5 Å². The molecule has 1 aliphatic carbocycles. The summed E-state index contributed by atoms with van der Waals surface area (Å²) in [6.07, 6.45) is 2.71. The summed E-state index contributed by atoms with van der Waals surface area (Å²) in [5.41, 5.74) is 2.10. The molecule has 1 fully saturated rings. The highest BCUT2D eigenvalue weighted by Crippen LogP contribution is 2.60. The third-order valence-electron chi connectivity index (χ3n) is 5.98. The summed E-state index contributed by atoms with van der Waals surface area (Å²) in [4.78, 5) is 19.1. The smallest absolute Gasteiger partial charge is 0.237 e. The van der Waals surface area contributed by atoms with Crippen LogP contribution in [0.1, 0.15) is 29.9 Å². The van der Waals surface area contributed by atoms with Crippen LogP contribution in [0.2, 0.25) is 0 Å². The molecule has 2 aliphatic rings. The maximum absolute atomic E-state index is 14.2. The zero-order valence-electron chi connectivity index (χ0n) is 14.5. The molecular formula is C21H15BrF2N2O. The largest absolute Gasteiger partial charge is 0.313 e. The maximum Gasteiger partial charge on any atom is 0.237 e. The number of fused-ring (bicyclic) bond motifs is 4. The Labute approximate surface area is 163 Å². The van der Waals surface area contributed by atoms with Crippen molar-refractivity contribution in [1.29, 1.82) is 0 Å². The first kappa shape index (κ1) is 16.8. The molecule has 1 aromatic heterocycles. The normalized spacial score (nSPS) is 23.8. The van der Waals surface area contributed by atoms with E-state index in [1.807, 2.05) is 6.07 Å². The standard InChI is InChI=1S/C21H15BrF2N2O/c1-26-18-10-25-17-7-16(24)14(22)6-13(17)19(18)21(20(26)27)8-11(9-21)12-4-2-3-5-15(12)23/h2-7,10-11H,8-9H2,1H3. The number of hydrogen-bond acceptors (Lipinski definition) is 2. The number of nitrogens with zero attached hydrogens (tertiary/aromatic N) is 2. The lowest BCUT2D eigenvalue weighted by molar-refractivity contribution is -0.126. The second-order valence-corrected chi connectivity index (χ2v) is 8.23. The Bertz CT molecular complexity index is 1120. The maximum atomic E-state index is 14.2. The van der Waals surface area contributed by atoms with Crippen LogP contribution in [0.3, 0.4) is 0 Å². The monoisotopic (exact) mass is 428 g/mol. The van der Waals surface area contributed by atoms with Crippen molar-refractivity contribution in [2.75, 3.05) is 11.9 Å². The summed E-state index contributed by atoms with van der Waals surface area (Å²) < 4.78 is 28.5. The van der Waals surface area contributed by atoms with E-state index in [1.54, 1.807) is 36.3 Å². The van der Waals surface area contributed by atoms with Gasteiger partial charge in [0.1, 0.15) is 11.6 Å². The molecule has 1 amide bonds. The zero-order chi connectivity index (χ0) is 18.9. The van der Waals surface area contributed by atoms with Crippen molar-refractivity contribution in [3.63, 3.8) is 0 Å². The van der Waals surface area contributed by atoms with Crippen LogP contribution < -0.4 is 4.90 Å². The van der Waals surface area contributed by atoms with Crippen molar-refractivity contribution < 1.29 is 13.6 Å². The molecule has 3 aromatic rings. The lowest BCUT2D eigenvalue weighted by Gasteiger charge is -2.44. The fraction of sp³-hybridized carbons (Fsp3) is 0.238. The van der Waals surface area contributed by atoms with E-state index in [2.05, 4.69) is 20.9 Å². The van der Waals surface area contributed by atoms with Crippen LogP contribution >= 0.6 is 15.9 Å². The Balaban J connectivity index is 1.67. The zero-order valence-corrected chi connectivity index (χ0v) is 16.1. The first-order valence-electron chi connectivity index (χ1n) is 8.73. The Morgan fingerprint density at radius 2 is 1.93 bits per heavy atom. The van der Waals surface area contributed by atoms with E-state index in [4.69, 9.17) is 0 Å². The van der Waals surface area contributed by atoms with Gasteiger partial charge in [0.05, 0.1) is 27.3 Å². The van der Waals surface area contributed by atoms with Gasteiger partial charge >= 0.3 is 0 Å². The molecule has 2 aromatic carbocycles. The van der Waals surface area contributed by atoms with Gasteiger partial charge in [-0.3, -0.25) is 9.78 Å². The molecule has 1 saturated carbocycles.